The van der Waals surface area contributed by atoms with Gasteiger partial charge in [0.1, 0.15) is 5.82 Å². The Bertz CT molecular complexity index is 434. The molecular weight excluding hydrogens is 265 g/mol. The van der Waals surface area contributed by atoms with Gasteiger partial charge in [-0.05, 0) is 48.8 Å². The van der Waals surface area contributed by atoms with Crippen molar-refractivity contribution >= 4 is 23.2 Å². The van der Waals surface area contributed by atoms with Crippen LogP contribution in [0.3, 0.4) is 0 Å². The Hall–Kier alpha value is -1.69. The Labute approximate surface area is 117 Å². The summed E-state index contributed by atoms with van der Waals surface area (Å²) in [5, 5.41) is 3.33. The molecule has 1 aromatic carbocycles. The maximum Gasteiger partial charge on any atom is 0.269 e. The van der Waals surface area contributed by atoms with Crippen LogP contribution in [0, 0.1) is 11.7 Å². The topological polar surface area (TPSA) is 53.2 Å². The van der Waals surface area contributed by atoms with Crippen LogP contribution in [0.25, 0.3) is 0 Å². The average molecular weight is 283 g/mol. The fraction of sp³-hybridized carbons (Fsp3) is 0.385. The second-order valence-corrected chi connectivity index (χ2v) is 4.93. The van der Waals surface area contributed by atoms with E-state index >= 15 is 0 Å². The zero-order valence-electron chi connectivity index (χ0n) is 11.0. The minimum atomic E-state index is -0.379. The summed E-state index contributed by atoms with van der Waals surface area (Å²) < 4.78 is 12.7. The molecular formula is C13H18FN3OS. The molecule has 0 unspecified atom stereocenters. The van der Waals surface area contributed by atoms with Crippen LogP contribution in [-0.2, 0) is 0 Å². The molecule has 0 saturated carbocycles. The SMILES string of the molecule is CC(C)CCNC(=S)NNC(=O)c1ccc(F)cc1. The first kappa shape index (κ1) is 15.4. The lowest BCUT2D eigenvalue weighted by Crippen LogP contribution is -2.47. The summed E-state index contributed by atoms with van der Waals surface area (Å²) in [6, 6.07) is 5.27. The van der Waals surface area contributed by atoms with E-state index in [0.29, 0.717) is 16.6 Å². The Morgan fingerprint density at radius 2 is 1.89 bits per heavy atom. The maximum atomic E-state index is 12.7. The molecule has 0 fully saturated rings. The summed E-state index contributed by atoms with van der Waals surface area (Å²) in [6.45, 7) is 4.98. The number of thiocarbonyl (C=S) groups is 1. The molecule has 0 bridgehead atoms. The predicted molar refractivity (Wildman–Crippen MR) is 77.1 cm³/mol. The summed E-state index contributed by atoms with van der Waals surface area (Å²) in [5.41, 5.74) is 5.40. The molecule has 4 nitrogen and oxygen atoms in total. The molecule has 0 aromatic heterocycles. The van der Waals surface area contributed by atoms with E-state index in [1.54, 1.807) is 0 Å². The van der Waals surface area contributed by atoms with Crippen LogP contribution in [0.15, 0.2) is 24.3 Å². The van der Waals surface area contributed by atoms with Crippen molar-refractivity contribution in [3.63, 3.8) is 0 Å². The number of rotatable bonds is 4. The third kappa shape index (κ3) is 6.15. The van der Waals surface area contributed by atoms with Crippen LogP contribution in [-0.4, -0.2) is 17.6 Å². The Morgan fingerprint density at radius 3 is 2.47 bits per heavy atom. The molecule has 6 heteroatoms. The molecule has 0 heterocycles. The number of carbonyl (C=O) groups is 1. The van der Waals surface area contributed by atoms with Crippen LogP contribution in [0.1, 0.15) is 30.6 Å². The van der Waals surface area contributed by atoms with Crippen LogP contribution in [0.2, 0.25) is 0 Å². The van der Waals surface area contributed by atoms with Gasteiger partial charge in [0.25, 0.3) is 5.91 Å². The second-order valence-electron chi connectivity index (χ2n) is 4.52. The number of carbonyl (C=O) groups excluding carboxylic acids is 1. The lowest BCUT2D eigenvalue weighted by atomic mass is 10.1. The van der Waals surface area contributed by atoms with Gasteiger partial charge in [-0.1, -0.05) is 13.8 Å². The molecule has 1 aromatic rings. The molecule has 3 N–H and O–H groups in total. The molecule has 0 spiro atoms. The Kier molecular flexibility index (Phi) is 6.21. The first-order valence-corrected chi connectivity index (χ1v) is 6.49. The van der Waals surface area contributed by atoms with Gasteiger partial charge >= 0.3 is 0 Å². The number of benzene rings is 1. The molecule has 1 amide bonds. The maximum absolute atomic E-state index is 12.7. The van der Waals surface area contributed by atoms with E-state index in [1.807, 2.05) is 0 Å². The number of amides is 1. The van der Waals surface area contributed by atoms with Gasteiger partial charge < -0.3 is 5.32 Å². The Morgan fingerprint density at radius 1 is 1.26 bits per heavy atom. The molecule has 1 rings (SSSR count). The van der Waals surface area contributed by atoms with Crippen molar-refractivity contribution in [1.82, 2.24) is 16.2 Å². The number of hydrazine groups is 1. The van der Waals surface area contributed by atoms with E-state index in [4.69, 9.17) is 12.2 Å². The fourth-order valence-electron chi connectivity index (χ4n) is 1.31. The van der Waals surface area contributed by atoms with Gasteiger partial charge in [0.2, 0.25) is 0 Å². The number of halogens is 1. The number of hydrogen-bond acceptors (Lipinski definition) is 2. The standard InChI is InChI=1S/C13H18FN3OS/c1-9(2)7-8-15-13(19)17-16-12(18)10-3-5-11(14)6-4-10/h3-6,9H,7-8H2,1-2H3,(H,16,18)(H2,15,17,19). The smallest absolute Gasteiger partial charge is 0.269 e. The fourth-order valence-corrected chi connectivity index (χ4v) is 1.46. The normalized spacial score (nSPS) is 10.1. The highest BCUT2D eigenvalue weighted by Crippen LogP contribution is 2.01. The van der Waals surface area contributed by atoms with E-state index in [9.17, 15) is 9.18 Å². The van der Waals surface area contributed by atoms with E-state index in [1.165, 1.54) is 24.3 Å². The van der Waals surface area contributed by atoms with E-state index in [0.717, 1.165) is 13.0 Å². The zero-order chi connectivity index (χ0) is 14.3. The molecule has 104 valence electrons. The minimum absolute atomic E-state index is 0.358. The quantitative estimate of drug-likeness (QED) is 0.584. The number of nitrogens with one attached hydrogen (secondary N) is 3. The highest BCUT2D eigenvalue weighted by molar-refractivity contribution is 7.80. The monoisotopic (exact) mass is 283 g/mol. The summed E-state index contributed by atoms with van der Waals surface area (Å²) in [4.78, 5) is 11.7. The third-order valence-electron chi connectivity index (χ3n) is 2.40. The Balaban J connectivity index is 2.30. The van der Waals surface area contributed by atoms with Crippen molar-refractivity contribution in [1.29, 1.82) is 0 Å². The van der Waals surface area contributed by atoms with E-state index in [-0.39, 0.29) is 11.7 Å². The van der Waals surface area contributed by atoms with Crippen LogP contribution < -0.4 is 16.2 Å². The highest BCUT2D eigenvalue weighted by atomic mass is 32.1. The predicted octanol–water partition coefficient (Wildman–Crippen LogP) is 1.98. The summed E-state index contributed by atoms with van der Waals surface area (Å²) in [6.07, 6.45) is 0.994. The van der Waals surface area contributed by atoms with Crippen LogP contribution in [0.4, 0.5) is 4.39 Å². The van der Waals surface area contributed by atoms with Gasteiger partial charge in [0, 0.05) is 12.1 Å². The van der Waals surface area contributed by atoms with Crippen molar-refractivity contribution in [2.24, 2.45) is 5.92 Å². The summed E-state index contributed by atoms with van der Waals surface area (Å²) in [5.74, 6) is -0.160. The number of hydrogen-bond donors (Lipinski definition) is 3. The van der Waals surface area contributed by atoms with Crippen molar-refractivity contribution in [2.45, 2.75) is 20.3 Å². The minimum Gasteiger partial charge on any atom is -0.361 e. The van der Waals surface area contributed by atoms with Crippen molar-refractivity contribution < 1.29 is 9.18 Å². The second kappa shape index (κ2) is 7.68. The van der Waals surface area contributed by atoms with Gasteiger partial charge in [0.05, 0.1) is 0 Å². The van der Waals surface area contributed by atoms with Crippen LogP contribution >= 0.6 is 12.2 Å². The first-order chi connectivity index (χ1) is 8.99. The van der Waals surface area contributed by atoms with E-state index in [2.05, 4.69) is 30.0 Å². The van der Waals surface area contributed by atoms with Gasteiger partial charge in [-0.25, -0.2) is 4.39 Å². The summed E-state index contributed by atoms with van der Waals surface area (Å²) >= 11 is 5.00. The molecule has 0 radical (unpaired) electrons. The molecule has 0 aliphatic rings. The lowest BCUT2D eigenvalue weighted by molar-refractivity contribution is 0.0943. The average Bonchev–Trinajstić information content (AvgIpc) is 2.36. The van der Waals surface area contributed by atoms with Gasteiger partial charge in [-0.3, -0.25) is 15.6 Å². The van der Waals surface area contributed by atoms with Gasteiger partial charge in [-0.2, -0.15) is 0 Å². The van der Waals surface area contributed by atoms with Gasteiger partial charge in [0.15, 0.2) is 5.11 Å². The van der Waals surface area contributed by atoms with Crippen molar-refractivity contribution in [3.05, 3.63) is 35.6 Å². The van der Waals surface area contributed by atoms with Gasteiger partial charge in [-0.15, -0.1) is 0 Å². The zero-order valence-corrected chi connectivity index (χ0v) is 11.8. The lowest BCUT2D eigenvalue weighted by Gasteiger charge is -2.12. The van der Waals surface area contributed by atoms with Crippen LogP contribution in [0.5, 0.6) is 0 Å². The van der Waals surface area contributed by atoms with E-state index < -0.39 is 0 Å². The highest BCUT2D eigenvalue weighted by Gasteiger charge is 2.05. The molecule has 0 aliphatic heterocycles. The molecule has 0 saturated heterocycles. The molecule has 19 heavy (non-hydrogen) atoms. The van der Waals surface area contributed by atoms with Crippen molar-refractivity contribution in [3.8, 4) is 0 Å². The largest absolute Gasteiger partial charge is 0.361 e. The third-order valence-corrected chi connectivity index (χ3v) is 2.65. The van der Waals surface area contributed by atoms with Crippen molar-refractivity contribution in [2.75, 3.05) is 6.54 Å². The molecule has 0 aliphatic carbocycles. The first-order valence-electron chi connectivity index (χ1n) is 6.09. The summed E-state index contributed by atoms with van der Waals surface area (Å²) in [7, 11) is 0. The molecule has 0 atom stereocenters.